The van der Waals surface area contributed by atoms with E-state index in [0.717, 1.165) is 19.6 Å². The average molecular weight is 401 g/mol. The molecule has 0 radical (unpaired) electrons. The number of hydrogen-bond donors (Lipinski definition) is 1. The summed E-state index contributed by atoms with van der Waals surface area (Å²) in [6.07, 6.45) is 3.94. The highest BCUT2D eigenvalue weighted by Crippen LogP contribution is 2.20. The van der Waals surface area contributed by atoms with Crippen molar-refractivity contribution >= 4 is 17.5 Å². The van der Waals surface area contributed by atoms with Crippen molar-refractivity contribution in [3.05, 3.63) is 64.7 Å². The van der Waals surface area contributed by atoms with Crippen LogP contribution in [0.5, 0.6) is 5.75 Å². The monoisotopic (exact) mass is 400 g/mol. The van der Waals surface area contributed by atoms with Crippen molar-refractivity contribution in [2.24, 2.45) is 0 Å². The number of carbonyl (C=O) groups is 1. The molecule has 1 unspecified atom stereocenters. The number of benzene rings is 2. The van der Waals surface area contributed by atoms with Crippen LogP contribution in [0, 0.1) is 0 Å². The molecular formula is C23H29ClN2O2. The first-order chi connectivity index (χ1) is 13.7. The minimum atomic E-state index is -0.535. The highest BCUT2D eigenvalue weighted by Gasteiger charge is 2.19. The van der Waals surface area contributed by atoms with E-state index < -0.39 is 6.10 Å². The molecule has 1 fully saturated rings. The fraction of sp³-hybridized carbons (Fsp3) is 0.435. The summed E-state index contributed by atoms with van der Waals surface area (Å²) >= 11 is 6.01. The molecule has 0 saturated carbocycles. The first-order valence-electron chi connectivity index (χ1n) is 10.1. The molecule has 1 N–H and O–H groups in total. The van der Waals surface area contributed by atoms with Crippen LogP contribution in [0.25, 0.3) is 0 Å². The van der Waals surface area contributed by atoms with Crippen LogP contribution in [0.3, 0.4) is 0 Å². The molecule has 0 spiro atoms. The van der Waals surface area contributed by atoms with Gasteiger partial charge in [0.25, 0.3) is 5.91 Å². The summed E-state index contributed by atoms with van der Waals surface area (Å²) in [6.45, 7) is 5.72. The fourth-order valence-electron chi connectivity index (χ4n) is 3.57. The van der Waals surface area contributed by atoms with Crippen molar-refractivity contribution in [1.82, 2.24) is 10.2 Å². The lowest BCUT2D eigenvalue weighted by Crippen LogP contribution is -2.38. The Balaban J connectivity index is 1.58. The normalized spacial score (nSPS) is 15.8. The molecule has 150 valence electrons. The third kappa shape index (κ3) is 5.98. The van der Waals surface area contributed by atoms with E-state index in [-0.39, 0.29) is 5.91 Å². The van der Waals surface area contributed by atoms with Gasteiger partial charge in [-0.15, -0.1) is 0 Å². The molecule has 4 nitrogen and oxygen atoms in total. The van der Waals surface area contributed by atoms with Crippen molar-refractivity contribution in [1.29, 1.82) is 0 Å². The van der Waals surface area contributed by atoms with Gasteiger partial charge in [-0.05, 0) is 61.7 Å². The van der Waals surface area contributed by atoms with Crippen LogP contribution in [0.4, 0.5) is 0 Å². The van der Waals surface area contributed by atoms with Crippen LogP contribution in [0.2, 0.25) is 5.02 Å². The van der Waals surface area contributed by atoms with E-state index in [9.17, 15) is 4.79 Å². The second kappa shape index (κ2) is 10.5. The maximum absolute atomic E-state index is 12.7. The van der Waals surface area contributed by atoms with E-state index in [0.29, 0.717) is 23.7 Å². The van der Waals surface area contributed by atoms with Gasteiger partial charge in [0.1, 0.15) is 5.75 Å². The molecule has 2 aromatic rings. The van der Waals surface area contributed by atoms with E-state index in [2.05, 4.69) is 28.4 Å². The Kier molecular flexibility index (Phi) is 7.75. The zero-order chi connectivity index (χ0) is 19.8. The molecule has 0 aliphatic carbocycles. The molecule has 0 aromatic heterocycles. The van der Waals surface area contributed by atoms with Gasteiger partial charge in [-0.3, -0.25) is 9.69 Å². The minimum Gasteiger partial charge on any atom is -0.481 e. The molecule has 28 heavy (non-hydrogen) atoms. The number of piperidine rings is 1. The summed E-state index contributed by atoms with van der Waals surface area (Å²) in [5.74, 6) is 0.509. The van der Waals surface area contributed by atoms with Gasteiger partial charge in [0.2, 0.25) is 0 Å². The van der Waals surface area contributed by atoms with Crippen LogP contribution in [-0.4, -0.2) is 30.0 Å². The van der Waals surface area contributed by atoms with Crippen LogP contribution < -0.4 is 10.1 Å². The largest absolute Gasteiger partial charge is 0.481 e. The Morgan fingerprint density at radius 1 is 1.11 bits per heavy atom. The summed E-state index contributed by atoms with van der Waals surface area (Å²) in [5.41, 5.74) is 2.45. The average Bonchev–Trinajstić information content (AvgIpc) is 2.72. The summed E-state index contributed by atoms with van der Waals surface area (Å²) in [5, 5.41) is 3.64. The predicted molar refractivity (Wildman–Crippen MR) is 114 cm³/mol. The molecule has 1 heterocycles. The summed E-state index contributed by atoms with van der Waals surface area (Å²) < 4.78 is 5.84. The Bertz CT molecular complexity index is 775. The van der Waals surface area contributed by atoms with Gasteiger partial charge in [0.15, 0.2) is 6.10 Å². The highest BCUT2D eigenvalue weighted by molar-refractivity contribution is 6.30. The van der Waals surface area contributed by atoms with Gasteiger partial charge >= 0.3 is 0 Å². The van der Waals surface area contributed by atoms with Crippen molar-refractivity contribution in [3.8, 4) is 5.75 Å². The van der Waals surface area contributed by atoms with Crippen LogP contribution >= 0.6 is 11.6 Å². The molecule has 5 heteroatoms. The molecule has 3 rings (SSSR count). The Morgan fingerprint density at radius 3 is 2.57 bits per heavy atom. The fourth-order valence-corrected chi connectivity index (χ4v) is 3.75. The van der Waals surface area contributed by atoms with E-state index in [1.165, 1.54) is 30.4 Å². The first-order valence-corrected chi connectivity index (χ1v) is 10.5. The number of halogens is 1. The second-order valence-corrected chi connectivity index (χ2v) is 7.73. The van der Waals surface area contributed by atoms with Crippen molar-refractivity contribution in [3.63, 3.8) is 0 Å². The second-order valence-electron chi connectivity index (χ2n) is 7.30. The van der Waals surface area contributed by atoms with Crippen LogP contribution in [0.15, 0.2) is 48.5 Å². The molecule has 2 aromatic carbocycles. The van der Waals surface area contributed by atoms with E-state index in [1.54, 1.807) is 12.1 Å². The van der Waals surface area contributed by atoms with Crippen LogP contribution in [0.1, 0.15) is 43.7 Å². The van der Waals surface area contributed by atoms with Crippen molar-refractivity contribution < 1.29 is 9.53 Å². The van der Waals surface area contributed by atoms with Crippen molar-refractivity contribution in [2.45, 2.75) is 51.8 Å². The lowest BCUT2D eigenvalue weighted by atomic mass is 10.0. The highest BCUT2D eigenvalue weighted by atomic mass is 35.5. The Hall–Kier alpha value is -2.04. The Labute approximate surface area is 172 Å². The van der Waals surface area contributed by atoms with Gasteiger partial charge in [-0.2, -0.15) is 0 Å². The van der Waals surface area contributed by atoms with E-state index in [4.69, 9.17) is 16.3 Å². The van der Waals surface area contributed by atoms with Gasteiger partial charge in [0, 0.05) is 18.1 Å². The third-order valence-electron chi connectivity index (χ3n) is 5.15. The lowest BCUT2D eigenvalue weighted by Gasteiger charge is -2.27. The standard InChI is InChI=1S/C23H29ClN2O2/c1-2-22(28-21-12-8-11-20(24)15-21)23(27)25-16-18-9-4-5-10-19(18)17-26-13-6-3-7-14-26/h4-5,8-12,15,22H,2-3,6-7,13-14,16-17H2,1H3,(H,25,27). The molecule has 0 bridgehead atoms. The molecule has 1 amide bonds. The molecular weight excluding hydrogens is 372 g/mol. The zero-order valence-electron chi connectivity index (χ0n) is 16.5. The third-order valence-corrected chi connectivity index (χ3v) is 5.39. The summed E-state index contributed by atoms with van der Waals surface area (Å²) in [6, 6.07) is 15.5. The number of hydrogen-bond acceptors (Lipinski definition) is 3. The SMILES string of the molecule is CCC(Oc1cccc(Cl)c1)C(=O)NCc1ccccc1CN1CCCCC1. The quantitative estimate of drug-likeness (QED) is 0.692. The predicted octanol–water partition coefficient (Wildman–Crippen LogP) is 4.80. The molecule has 1 aliphatic rings. The van der Waals surface area contributed by atoms with Gasteiger partial charge in [-0.1, -0.05) is 55.3 Å². The topological polar surface area (TPSA) is 41.6 Å². The zero-order valence-corrected chi connectivity index (χ0v) is 17.3. The lowest BCUT2D eigenvalue weighted by molar-refractivity contribution is -0.128. The molecule has 1 saturated heterocycles. The van der Waals surface area contributed by atoms with Gasteiger partial charge in [-0.25, -0.2) is 0 Å². The summed E-state index contributed by atoms with van der Waals surface area (Å²) in [7, 11) is 0. The number of nitrogens with one attached hydrogen (secondary N) is 1. The maximum Gasteiger partial charge on any atom is 0.261 e. The van der Waals surface area contributed by atoms with E-state index >= 15 is 0 Å². The summed E-state index contributed by atoms with van der Waals surface area (Å²) in [4.78, 5) is 15.2. The number of likely N-dealkylation sites (tertiary alicyclic amines) is 1. The van der Waals surface area contributed by atoms with Gasteiger partial charge in [0.05, 0.1) is 0 Å². The number of nitrogens with zero attached hydrogens (tertiary/aromatic N) is 1. The van der Waals surface area contributed by atoms with E-state index in [1.807, 2.05) is 25.1 Å². The first kappa shape index (κ1) is 20.7. The number of carbonyl (C=O) groups excluding carboxylic acids is 1. The molecule has 1 atom stereocenters. The van der Waals surface area contributed by atoms with Gasteiger partial charge < -0.3 is 10.1 Å². The number of rotatable bonds is 8. The number of amides is 1. The Morgan fingerprint density at radius 2 is 1.86 bits per heavy atom. The van der Waals surface area contributed by atoms with Crippen molar-refractivity contribution in [2.75, 3.05) is 13.1 Å². The smallest absolute Gasteiger partial charge is 0.261 e. The molecule has 1 aliphatic heterocycles. The number of ether oxygens (including phenoxy) is 1. The van der Waals surface area contributed by atoms with Crippen LogP contribution in [-0.2, 0) is 17.9 Å². The minimum absolute atomic E-state index is 0.102. The maximum atomic E-state index is 12.7.